The highest BCUT2D eigenvalue weighted by atomic mass is 19.4. The van der Waals surface area contributed by atoms with E-state index in [2.05, 4.69) is 5.32 Å². The van der Waals surface area contributed by atoms with E-state index < -0.39 is 18.8 Å². The summed E-state index contributed by atoms with van der Waals surface area (Å²) >= 11 is 0. The third-order valence-electron chi connectivity index (χ3n) is 2.03. The fraction of sp³-hybridized carbons (Fsp3) is 0.300. The lowest BCUT2D eigenvalue weighted by Crippen LogP contribution is -2.35. The van der Waals surface area contributed by atoms with E-state index in [1.165, 1.54) is 18.2 Å². The standard InChI is InChI=1S/C10H10F3N3O/c11-10(12,13)9(17)5-16-8-2-1-7(15)3-6(8)4-14/h1-3,9,16-17H,5,15H2. The second-order valence-corrected chi connectivity index (χ2v) is 3.36. The second kappa shape index (κ2) is 4.93. The lowest BCUT2D eigenvalue weighted by Gasteiger charge is -2.16. The Hall–Kier alpha value is -1.94. The van der Waals surface area contributed by atoms with Crippen LogP contribution in [0.1, 0.15) is 5.56 Å². The molecule has 92 valence electrons. The van der Waals surface area contributed by atoms with E-state index in [1.54, 1.807) is 6.07 Å². The Kier molecular flexibility index (Phi) is 3.81. The molecule has 0 fully saturated rings. The number of hydrogen-bond acceptors (Lipinski definition) is 4. The molecule has 0 amide bonds. The van der Waals surface area contributed by atoms with Crippen molar-refractivity contribution >= 4 is 11.4 Å². The van der Waals surface area contributed by atoms with Gasteiger partial charge in [0, 0.05) is 12.2 Å². The average molecular weight is 245 g/mol. The van der Waals surface area contributed by atoms with Gasteiger partial charge in [0.05, 0.1) is 11.3 Å². The summed E-state index contributed by atoms with van der Waals surface area (Å²) in [6.45, 7) is -0.720. The number of benzene rings is 1. The summed E-state index contributed by atoms with van der Waals surface area (Å²) in [4.78, 5) is 0. The summed E-state index contributed by atoms with van der Waals surface area (Å²) in [5.41, 5.74) is 6.08. The van der Waals surface area contributed by atoms with E-state index in [1.807, 2.05) is 0 Å². The Morgan fingerprint density at radius 2 is 2.12 bits per heavy atom. The number of nitrogens with two attached hydrogens (primary N) is 1. The highest BCUT2D eigenvalue weighted by Crippen LogP contribution is 2.22. The van der Waals surface area contributed by atoms with E-state index in [4.69, 9.17) is 16.1 Å². The van der Waals surface area contributed by atoms with Crippen LogP contribution in [0.3, 0.4) is 0 Å². The van der Waals surface area contributed by atoms with Crippen molar-refractivity contribution in [2.45, 2.75) is 12.3 Å². The SMILES string of the molecule is N#Cc1cc(N)ccc1NCC(O)C(F)(F)F. The molecule has 1 aromatic carbocycles. The zero-order chi connectivity index (χ0) is 13.1. The van der Waals surface area contributed by atoms with Crippen molar-refractivity contribution in [3.8, 4) is 6.07 Å². The molecule has 0 spiro atoms. The minimum absolute atomic E-state index is 0.124. The number of hydrogen-bond donors (Lipinski definition) is 3. The summed E-state index contributed by atoms with van der Waals surface area (Å²) in [6, 6.07) is 5.96. The van der Waals surface area contributed by atoms with Crippen molar-refractivity contribution in [3.63, 3.8) is 0 Å². The Bertz CT molecular complexity index is 439. The Morgan fingerprint density at radius 3 is 2.65 bits per heavy atom. The predicted octanol–water partition coefficient (Wildman–Crippen LogP) is 1.48. The van der Waals surface area contributed by atoms with Crippen molar-refractivity contribution in [2.75, 3.05) is 17.6 Å². The van der Waals surface area contributed by atoms with Crippen LogP contribution in [0.5, 0.6) is 0 Å². The minimum Gasteiger partial charge on any atom is -0.399 e. The number of nitriles is 1. The van der Waals surface area contributed by atoms with Crippen LogP contribution < -0.4 is 11.1 Å². The molecule has 1 rings (SSSR count). The molecule has 0 aliphatic heterocycles. The van der Waals surface area contributed by atoms with Crippen LogP contribution in [0.4, 0.5) is 24.5 Å². The molecule has 0 radical (unpaired) electrons. The predicted molar refractivity (Wildman–Crippen MR) is 56.1 cm³/mol. The number of aliphatic hydroxyl groups excluding tert-OH is 1. The number of nitrogens with one attached hydrogen (secondary N) is 1. The maximum Gasteiger partial charge on any atom is 0.416 e. The molecule has 1 atom stereocenters. The second-order valence-electron chi connectivity index (χ2n) is 3.36. The molecule has 0 bridgehead atoms. The zero-order valence-corrected chi connectivity index (χ0v) is 8.62. The summed E-state index contributed by atoms with van der Waals surface area (Å²) in [7, 11) is 0. The summed E-state index contributed by atoms with van der Waals surface area (Å²) < 4.78 is 36.1. The first-order chi connectivity index (χ1) is 7.84. The smallest absolute Gasteiger partial charge is 0.399 e. The van der Waals surface area contributed by atoms with Crippen LogP contribution in [0.25, 0.3) is 0 Å². The van der Waals surface area contributed by atoms with Crippen molar-refractivity contribution in [3.05, 3.63) is 23.8 Å². The third-order valence-corrected chi connectivity index (χ3v) is 2.03. The number of halogens is 3. The molecule has 0 aromatic heterocycles. The first-order valence-electron chi connectivity index (χ1n) is 4.63. The maximum atomic E-state index is 12.0. The first kappa shape index (κ1) is 13.1. The van der Waals surface area contributed by atoms with E-state index in [9.17, 15) is 13.2 Å². The van der Waals surface area contributed by atoms with Gasteiger partial charge in [-0.1, -0.05) is 0 Å². The van der Waals surface area contributed by atoms with Crippen molar-refractivity contribution in [1.29, 1.82) is 5.26 Å². The average Bonchev–Trinajstić information content (AvgIpc) is 2.25. The lowest BCUT2D eigenvalue weighted by atomic mass is 10.1. The van der Waals surface area contributed by atoms with Gasteiger partial charge in [-0.2, -0.15) is 18.4 Å². The van der Waals surface area contributed by atoms with Crippen molar-refractivity contribution in [2.24, 2.45) is 0 Å². The Balaban J connectivity index is 2.74. The third kappa shape index (κ3) is 3.53. The molecular formula is C10H10F3N3O. The van der Waals surface area contributed by atoms with E-state index in [-0.39, 0.29) is 11.3 Å². The summed E-state index contributed by atoms with van der Waals surface area (Å²) in [6.07, 6.45) is -7.17. The fourth-order valence-electron chi connectivity index (χ4n) is 1.13. The molecule has 0 saturated heterocycles. The molecule has 1 unspecified atom stereocenters. The molecule has 0 aliphatic carbocycles. The van der Waals surface area contributed by atoms with Gasteiger partial charge in [0.1, 0.15) is 6.07 Å². The van der Waals surface area contributed by atoms with Crippen LogP contribution >= 0.6 is 0 Å². The van der Waals surface area contributed by atoms with Crippen LogP contribution in [0.2, 0.25) is 0 Å². The molecule has 4 nitrogen and oxygen atoms in total. The molecule has 0 saturated carbocycles. The molecular weight excluding hydrogens is 235 g/mol. The number of nitrogen functional groups attached to an aromatic ring is 1. The molecule has 4 N–H and O–H groups in total. The lowest BCUT2D eigenvalue weighted by molar-refractivity contribution is -0.198. The van der Waals surface area contributed by atoms with Crippen molar-refractivity contribution < 1.29 is 18.3 Å². The highest BCUT2D eigenvalue weighted by molar-refractivity contribution is 5.62. The van der Waals surface area contributed by atoms with Crippen LogP contribution in [-0.4, -0.2) is 23.9 Å². The van der Waals surface area contributed by atoms with E-state index >= 15 is 0 Å². The molecule has 17 heavy (non-hydrogen) atoms. The van der Waals surface area contributed by atoms with Crippen molar-refractivity contribution in [1.82, 2.24) is 0 Å². The molecule has 0 aliphatic rings. The quantitative estimate of drug-likeness (QED) is 0.704. The zero-order valence-electron chi connectivity index (χ0n) is 8.62. The van der Waals surface area contributed by atoms with E-state index in [0.717, 1.165) is 0 Å². The summed E-state index contributed by atoms with van der Waals surface area (Å²) in [5.74, 6) is 0. The normalized spacial score (nSPS) is 12.9. The number of nitrogens with zero attached hydrogens (tertiary/aromatic N) is 1. The van der Waals surface area contributed by atoms with Gasteiger partial charge >= 0.3 is 6.18 Å². The van der Waals surface area contributed by atoms with Crippen LogP contribution in [0.15, 0.2) is 18.2 Å². The van der Waals surface area contributed by atoms with E-state index in [0.29, 0.717) is 5.69 Å². The Morgan fingerprint density at radius 1 is 1.47 bits per heavy atom. The van der Waals surface area contributed by atoms with Gasteiger partial charge in [-0.3, -0.25) is 0 Å². The number of anilines is 2. The maximum absolute atomic E-state index is 12.0. The molecule has 0 heterocycles. The van der Waals surface area contributed by atoms with Gasteiger partial charge in [0.2, 0.25) is 0 Å². The minimum atomic E-state index is -4.69. The first-order valence-corrected chi connectivity index (χ1v) is 4.63. The monoisotopic (exact) mass is 245 g/mol. The van der Waals surface area contributed by atoms with Gasteiger partial charge < -0.3 is 16.2 Å². The van der Waals surface area contributed by atoms with Gasteiger partial charge in [-0.05, 0) is 18.2 Å². The molecule has 7 heteroatoms. The van der Waals surface area contributed by atoms with Crippen LogP contribution in [-0.2, 0) is 0 Å². The van der Waals surface area contributed by atoms with Gasteiger partial charge in [-0.15, -0.1) is 0 Å². The van der Waals surface area contributed by atoms with Gasteiger partial charge in [0.25, 0.3) is 0 Å². The summed E-state index contributed by atoms with van der Waals surface area (Å²) in [5, 5.41) is 19.9. The number of aliphatic hydroxyl groups is 1. The number of alkyl halides is 3. The van der Waals surface area contributed by atoms with Gasteiger partial charge in [-0.25, -0.2) is 0 Å². The van der Waals surface area contributed by atoms with Crippen LogP contribution in [0, 0.1) is 11.3 Å². The number of rotatable bonds is 3. The fourth-order valence-corrected chi connectivity index (χ4v) is 1.13. The highest BCUT2D eigenvalue weighted by Gasteiger charge is 2.37. The molecule has 1 aromatic rings. The Labute approximate surface area is 95.5 Å². The topological polar surface area (TPSA) is 82.1 Å². The largest absolute Gasteiger partial charge is 0.416 e. The van der Waals surface area contributed by atoms with Gasteiger partial charge in [0.15, 0.2) is 6.10 Å².